The number of carbonyl (C=O) groups is 1. The topological polar surface area (TPSA) is 89.8 Å². The van der Waals surface area contributed by atoms with Gasteiger partial charge in [-0.3, -0.25) is 4.79 Å². The van der Waals surface area contributed by atoms with Gasteiger partial charge < -0.3 is 20.6 Å². The van der Waals surface area contributed by atoms with Crippen LogP contribution in [-0.2, 0) is 4.79 Å². The maximum Gasteiger partial charge on any atom is 0.249 e. The molecule has 0 aromatic heterocycles. The number of aliphatic hydroxyl groups is 3. The molecule has 0 heterocycles. The van der Waals surface area contributed by atoms with Gasteiger partial charge in [-0.15, -0.1) is 0 Å². The molecule has 0 rings (SSSR count). The number of hydrogen-bond donors (Lipinski definition) is 4. The SMILES string of the molecule is CC/C=C\C/C=C\CCCCCCCCCCCCCCCC(O)C(=O)NC(CO)C(O)/C=C/CCCCCCCCCCCCCCCCCCC. The third-order valence-corrected chi connectivity index (χ3v) is 10.7. The van der Waals surface area contributed by atoms with Gasteiger partial charge in [0.2, 0.25) is 5.91 Å². The zero-order valence-electron chi connectivity index (χ0n) is 35.4. The summed E-state index contributed by atoms with van der Waals surface area (Å²) in [6, 6.07) is -0.797. The van der Waals surface area contributed by atoms with Crippen LogP contribution in [0.5, 0.6) is 0 Å². The maximum atomic E-state index is 12.5. The Balaban J connectivity index is 3.64. The van der Waals surface area contributed by atoms with E-state index in [9.17, 15) is 20.1 Å². The highest BCUT2D eigenvalue weighted by atomic mass is 16.3. The van der Waals surface area contributed by atoms with Crippen LogP contribution in [0.4, 0.5) is 0 Å². The molecule has 3 atom stereocenters. The Hall–Kier alpha value is -1.43. The molecule has 0 saturated heterocycles. The van der Waals surface area contributed by atoms with E-state index in [0.29, 0.717) is 6.42 Å². The molecule has 0 aromatic rings. The number of nitrogens with one attached hydrogen (secondary N) is 1. The lowest BCUT2D eigenvalue weighted by Crippen LogP contribution is -2.48. The lowest BCUT2D eigenvalue weighted by atomic mass is 10.0. The molecule has 0 aliphatic heterocycles. The molecule has 0 aliphatic carbocycles. The molecule has 0 saturated carbocycles. The van der Waals surface area contributed by atoms with Crippen molar-refractivity contribution in [3.63, 3.8) is 0 Å². The fourth-order valence-corrected chi connectivity index (χ4v) is 7.11. The van der Waals surface area contributed by atoms with Gasteiger partial charge in [-0.1, -0.05) is 230 Å². The molecule has 4 N–H and O–H groups in total. The van der Waals surface area contributed by atoms with Crippen molar-refractivity contribution in [1.82, 2.24) is 5.32 Å². The fourth-order valence-electron chi connectivity index (χ4n) is 7.11. The van der Waals surface area contributed by atoms with E-state index in [1.165, 1.54) is 173 Å². The van der Waals surface area contributed by atoms with Gasteiger partial charge in [-0.25, -0.2) is 0 Å². The minimum Gasteiger partial charge on any atom is -0.394 e. The van der Waals surface area contributed by atoms with Crippen molar-refractivity contribution in [2.75, 3.05) is 6.61 Å². The van der Waals surface area contributed by atoms with E-state index < -0.39 is 24.2 Å². The minimum absolute atomic E-state index is 0.363. The van der Waals surface area contributed by atoms with Gasteiger partial charge in [-0.2, -0.15) is 0 Å². The molecule has 53 heavy (non-hydrogen) atoms. The van der Waals surface area contributed by atoms with Crippen LogP contribution in [0.15, 0.2) is 36.5 Å². The summed E-state index contributed by atoms with van der Waals surface area (Å²) in [5.41, 5.74) is 0. The van der Waals surface area contributed by atoms with Gasteiger partial charge in [0.15, 0.2) is 0 Å². The van der Waals surface area contributed by atoms with Gasteiger partial charge in [0, 0.05) is 0 Å². The van der Waals surface area contributed by atoms with E-state index in [1.807, 2.05) is 6.08 Å². The summed E-state index contributed by atoms with van der Waals surface area (Å²) in [6.07, 6.45) is 54.7. The van der Waals surface area contributed by atoms with Crippen molar-refractivity contribution in [1.29, 1.82) is 0 Å². The van der Waals surface area contributed by atoms with E-state index in [0.717, 1.165) is 44.9 Å². The summed E-state index contributed by atoms with van der Waals surface area (Å²) in [7, 11) is 0. The molecule has 312 valence electrons. The number of hydrogen-bond acceptors (Lipinski definition) is 4. The number of amides is 1. The van der Waals surface area contributed by atoms with Gasteiger partial charge in [0.25, 0.3) is 0 Å². The van der Waals surface area contributed by atoms with Crippen molar-refractivity contribution >= 4 is 5.91 Å². The molecule has 0 aromatic carbocycles. The molecule has 3 unspecified atom stereocenters. The van der Waals surface area contributed by atoms with Crippen molar-refractivity contribution in [2.45, 2.75) is 257 Å². The predicted molar refractivity (Wildman–Crippen MR) is 231 cm³/mol. The average Bonchev–Trinajstić information content (AvgIpc) is 3.16. The molecular formula is C48H91NO4. The molecule has 0 fully saturated rings. The predicted octanol–water partition coefficient (Wildman–Crippen LogP) is 13.5. The summed E-state index contributed by atoms with van der Waals surface area (Å²) in [5, 5.41) is 33.2. The lowest BCUT2D eigenvalue weighted by molar-refractivity contribution is -0.131. The highest BCUT2D eigenvalue weighted by Gasteiger charge is 2.22. The Bertz CT molecular complexity index is 824. The van der Waals surface area contributed by atoms with Crippen molar-refractivity contribution in [2.24, 2.45) is 0 Å². The maximum absolute atomic E-state index is 12.5. The highest BCUT2D eigenvalue weighted by Crippen LogP contribution is 2.16. The standard InChI is InChI=1S/C48H91NO4/c1-3-5-7-9-11-13-15-17-19-21-23-25-27-29-31-33-35-37-39-41-43-47(52)48(53)49-45(44-50)46(51)42-40-38-36-34-32-30-28-26-24-22-20-18-16-14-12-10-8-6-4-2/h5,7,11,13,40,42,45-47,50-52H,3-4,6,8-10,12,14-39,41,43-44H2,1-2H3,(H,49,53)/b7-5-,13-11-,42-40+. The third-order valence-electron chi connectivity index (χ3n) is 10.7. The summed E-state index contributed by atoms with van der Waals surface area (Å²) >= 11 is 0. The van der Waals surface area contributed by atoms with Gasteiger partial charge in [0.1, 0.15) is 6.10 Å². The quantitative estimate of drug-likeness (QED) is 0.0370. The molecule has 0 bridgehead atoms. The molecule has 1 amide bonds. The highest BCUT2D eigenvalue weighted by molar-refractivity contribution is 5.80. The monoisotopic (exact) mass is 746 g/mol. The van der Waals surface area contributed by atoms with Gasteiger partial charge in [-0.05, 0) is 44.9 Å². The average molecular weight is 746 g/mol. The molecule has 5 heteroatoms. The Morgan fingerprint density at radius 2 is 0.868 bits per heavy atom. The van der Waals surface area contributed by atoms with Crippen LogP contribution in [0.1, 0.15) is 239 Å². The first-order chi connectivity index (χ1) is 26.1. The summed E-state index contributed by atoms with van der Waals surface area (Å²) in [6.45, 7) is 4.09. The summed E-state index contributed by atoms with van der Waals surface area (Å²) in [5.74, 6) is -0.503. The molecule has 5 nitrogen and oxygen atoms in total. The normalized spacial score (nSPS) is 13.8. The van der Waals surface area contributed by atoms with E-state index in [-0.39, 0.29) is 6.61 Å². The minimum atomic E-state index is -1.10. The fraction of sp³-hybridized carbons (Fsp3) is 0.854. The zero-order chi connectivity index (χ0) is 38.7. The molecule has 0 radical (unpaired) electrons. The Morgan fingerprint density at radius 1 is 0.491 bits per heavy atom. The Kier molecular flexibility index (Phi) is 42.1. The number of carbonyl (C=O) groups excluding carboxylic acids is 1. The van der Waals surface area contributed by atoms with Crippen molar-refractivity contribution in [3.8, 4) is 0 Å². The van der Waals surface area contributed by atoms with Crippen molar-refractivity contribution in [3.05, 3.63) is 36.5 Å². The smallest absolute Gasteiger partial charge is 0.249 e. The van der Waals surface area contributed by atoms with Crippen LogP contribution in [0.25, 0.3) is 0 Å². The van der Waals surface area contributed by atoms with Gasteiger partial charge in [0.05, 0.1) is 18.8 Å². The van der Waals surface area contributed by atoms with Crippen LogP contribution in [0, 0.1) is 0 Å². The second-order valence-corrected chi connectivity index (χ2v) is 15.9. The van der Waals surface area contributed by atoms with E-state index in [2.05, 4.69) is 43.5 Å². The number of allylic oxidation sites excluding steroid dienone is 5. The number of unbranched alkanes of at least 4 members (excludes halogenated alkanes) is 30. The number of rotatable bonds is 42. The second kappa shape index (κ2) is 43.3. The van der Waals surface area contributed by atoms with Crippen LogP contribution in [-0.4, -0.2) is 46.1 Å². The zero-order valence-corrected chi connectivity index (χ0v) is 35.4. The molecular weight excluding hydrogens is 655 g/mol. The van der Waals surface area contributed by atoms with E-state index in [1.54, 1.807) is 6.08 Å². The Labute approximate surface area is 330 Å². The lowest BCUT2D eigenvalue weighted by Gasteiger charge is -2.21. The largest absolute Gasteiger partial charge is 0.394 e. The summed E-state index contributed by atoms with van der Waals surface area (Å²) in [4.78, 5) is 12.5. The Morgan fingerprint density at radius 3 is 1.28 bits per heavy atom. The van der Waals surface area contributed by atoms with Gasteiger partial charge >= 0.3 is 0 Å². The first kappa shape index (κ1) is 51.6. The van der Waals surface area contributed by atoms with Crippen LogP contribution < -0.4 is 5.32 Å². The van der Waals surface area contributed by atoms with E-state index >= 15 is 0 Å². The molecule has 0 spiro atoms. The number of aliphatic hydroxyl groups excluding tert-OH is 3. The van der Waals surface area contributed by atoms with Crippen LogP contribution in [0.2, 0.25) is 0 Å². The first-order valence-corrected chi connectivity index (χ1v) is 23.3. The van der Waals surface area contributed by atoms with Crippen LogP contribution >= 0.6 is 0 Å². The molecule has 0 aliphatic rings. The first-order valence-electron chi connectivity index (χ1n) is 23.3. The van der Waals surface area contributed by atoms with Crippen molar-refractivity contribution < 1.29 is 20.1 Å². The summed E-state index contributed by atoms with van der Waals surface area (Å²) < 4.78 is 0. The van der Waals surface area contributed by atoms with Crippen LogP contribution in [0.3, 0.4) is 0 Å². The third kappa shape index (κ3) is 38.6. The second-order valence-electron chi connectivity index (χ2n) is 15.9. The van der Waals surface area contributed by atoms with E-state index in [4.69, 9.17) is 0 Å².